The average molecular weight is 292 g/mol. The Bertz CT molecular complexity index is 462. The van der Waals surface area contributed by atoms with Gasteiger partial charge in [0.2, 0.25) is 0 Å². The first kappa shape index (κ1) is 18.6. The van der Waals surface area contributed by atoms with E-state index in [2.05, 4.69) is 25.1 Å². The highest BCUT2D eigenvalue weighted by molar-refractivity contribution is 5.69. The average Bonchev–Trinajstić information content (AvgIpc) is 2.41. The molecule has 0 aromatic carbocycles. The van der Waals surface area contributed by atoms with Crippen LogP contribution < -0.4 is 11.1 Å². The van der Waals surface area contributed by atoms with Crippen molar-refractivity contribution in [3.8, 4) is 0 Å². The number of nitrogens with two attached hydrogens (primary N) is 1. The standard InChI is InChI=1S/C16H24N2O3/c1-5-6-12(2)11-15(17)14(4)18-9-10-21-16(20)8-7-13(3)19/h5-6,11,18-19H,1,3-4,7-10,17H2,2H3/b12-6+,15-11-. The van der Waals surface area contributed by atoms with Crippen molar-refractivity contribution in [2.75, 3.05) is 13.2 Å². The van der Waals surface area contributed by atoms with Gasteiger partial charge in [-0.25, -0.2) is 0 Å². The molecule has 5 nitrogen and oxygen atoms in total. The molecule has 0 aliphatic carbocycles. The van der Waals surface area contributed by atoms with E-state index in [1.807, 2.05) is 13.0 Å². The molecule has 0 spiro atoms. The Labute approximate surface area is 126 Å². The maximum absolute atomic E-state index is 11.3. The Balaban J connectivity index is 3.99. The van der Waals surface area contributed by atoms with E-state index in [9.17, 15) is 4.79 Å². The van der Waals surface area contributed by atoms with Crippen molar-refractivity contribution >= 4 is 5.97 Å². The minimum Gasteiger partial charge on any atom is -0.513 e. The Kier molecular flexibility index (Phi) is 9.17. The maximum atomic E-state index is 11.3. The fraction of sp³-hybridized carbons (Fsp3) is 0.312. The van der Waals surface area contributed by atoms with Crippen LogP contribution in [-0.4, -0.2) is 24.2 Å². The molecular weight excluding hydrogens is 268 g/mol. The van der Waals surface area contributed by atoms with Crippen molar-refractivity contribution in [1.29, 1.82) is 0 Å². The number of carbonyl (C=O) groups excluding carboxylic acids is 1. The van der Waals surface area contributed by atoms with Crippen molar-refractivity contribution in [3.05, 3.63) is 60.7 Å². The maximum Gasteiger partial charge on any atom is 0.306 e. The van der Waals surface area contributed by atoms with Gasteiger partial charge in [-0.2, -0.15) is 0 Å². The van der Waals surface area contributed by atoms with Crippen LogP contribution in [0.2, 0.25) is 0 Å². The zero-order valence-electron chi connectivity index (χ0n) is 12.5. The van der Waals surface area contributed by atoms with E-state index in [0.29, 0.717) is 17.9 Å². The van der Waals surface area contributed by atoms with Crippen LogP contribution in [0.1, 0.15) is 19.8 Å². The number of hydrogen-bond donors (Lipinski definition) is 3. The van der Waals surface area contributed by atoms with Crippen LogP contribution in [0.25, 0.3) is 0 Å². The summed E-state index contributed by atoms with van der Waals surface area (Å²) < 4.78 is 4.96. The molecule has 0 rings (SSSR count). The quantitative estimate of drug-likeness (QED) is 0.249. The van der Waals surface area contributed by atoms with Crippen molar-refractivity contribution in [2.24, 2.45) is 5.73 Å². The lowest BCUT2D eigenvalue weighted by molar-refractivity contribution is -0.143. The second kappa shape index (κ2) is 10.4. The lowest BCUT2D eigenvalue weighted by Crippen LogP contribution is -2.23. The fourth-order valence-electron chi connectivity index (χ4n) is 1.35. The molecule has 0 aromatic heterocycles. The Morgan fingerprint density at radius 1 is 1.38 bits per heavy atom. The van der Waals surface area contributed by atoms with Gasteiger partial charge >= 0.3 is 5.97 Å². The Hall–Kier alpha value is -2.43. The van der Waals surface area contributed by atoms with Crippen LogP contribution in [0.15, 0.2) is 60.7 Å². The lowest BCUT2D eigenvalue weighted by atomic mass is 10.2. The summed E-state index contributed by atoms with van der Waals surface area (Å²) in [5.74, 6) is -0.412. The van der Waals surface area contributed by atoms with Crippen molar-refractivity contribution < 1.29 is 14.6 Å². The molecule has 116 valence electrons. The molecule has 0 atom stereocenters. The highest BCUT2D eigenvalue weighted by Gasteiger charge is 2.04. The number of esters is 1. The van der Waals surface area contributed by atoms with Gasteiger partial charge in [-0.3, -0.25) is 4.79 Å². The summed E-state index contributed by atoms with van der Waals surface area (Å²) in [4.78, 5) is 11.3. The number of allylic oxidation sites excluding steroid dienone is 5. The summed E-state index contributed by atoms with van der Waals surface area (Å²) >= 11 is 0. The number of nitrogens with one attached hydrogen (secondary N) is 1. The third-order valence-corrected chi connectivity index (χ3v) is 2.43. The Morgan fingerprint density at radius 2 is 2.05 bits per heavy atom. The van der Waals surface area contributed by atoms with E-state index in [0.717, 1.165) is 5.57 Å². The first-order chi connectivity index (χ1) is 9.86. The molecule has 0 aliphatic rings. The largest absolute Gasteiger partial charge is 0.513 e. The van der Waals surface area contributed by atoms with Gasteiger partial charge < -0.3 is 20.9 Å². The first-order valence-electron chi connectivity index (χ1n) is 6.58. The third-order valence-electron chi connectivity index (χ3n) is 2.43. The fourth-order valence-corrected chi connectivity index (χ4v) is 1.35. The molecule has 21 heavy (non-hydrogen) atoms. The topological polar surface area (TPSA) is 84.6 Å². The summed E-state index contributed by atoms with van der Waals surface area (Å²) in [7, 11) is 0. The van der Waals surface area contributed by atoms with E-state index in [-0.39, 0.29) is 31.2 Å². The highest BCUT2D eigenvalue weighted by atomic mass is 16.5. The molecule has 4 N–H and O–H groups in total. The smallest absolute Gasteiger partial charge is 0.306 e. The SMILES string of the molecule is C=C/C=C(C)/C=C(\N)C(=C)NCCOC(=O)CCC(=C)O. The predicted octanol–water partition coefficient (Wildman–Crippen LogP) is 2.46. The van der Waals surface area contributed by atoms with Gasteiger partial charge in [-0.15, -0.1) is 0 Å². The van der Waals surface area contributed by atoms with Gasteiger partial charge in [0.05, 0.1) is 23.6 Å². The molecule has 0 bridgehead atoms. The van der Waals surface area contributed by atoms with Crippen molar-refractivity contribution in [3.63, 3.8) is 0 Å². The van der Waals surface area contributed by atoms with E-state index in [1.165, 1.54) is 0 Å². The highest BCUT2D eigenvalue weighted by Crippen LogP contribution is 2.03. The minimum absolute atomic E-state index is 0.0284. The van der Waals surface area contributed by atoms with Gasteiger partial charge in [-0.05, 0) is 18.6 Å². The van der Waals surface area contributed by atoms with E-state index < -0.39 is 0 Å². The second-order valence-electron chi connectivity index (χ2n) is 4.44. The first-order valence-corrected chi connectivity index (χ1v) is 6.58. The van der Waals surface area contributed by atoms with Crippen LogP contribution in [0.3, 0.4) is 0 Å². The molecule has 0 unspecified atom stereocenters. The molecule has 0 radical (unpaired) electrons. The summed E-state index contributed by atoms with van der Waals surface area (Å²) in [5.41, 5.74) is 7.88. The monoisotopic (exact) mass is 292 g/mol. The minimum atomic E-state index is -0.383. The zero-order valence-corrected chi connectivity index (χ0v) is 12.5. The van der Waals surface area contributed by atoms with Crippen molar-refractivity contribution in [1.82, 2.24) is 5.32 Å². The summed E-state index contributed by atoms with van der Waals surface area (Å²) in [6.45, 7) is 13.2. The lowest BCUT2D eigenvalue weighted by Gasteiger charge is -2.10. The number of aliphatic hydroxyl groups is 1. The third kappa shape index (κ3) is 10.1. The molecule has 0 aliphatic heterocycles. The predicted molar refractivity (Wildman–Crippen MR) is 85.3 cm³/mol. The number of rotatable bonds is 10. The van der Waals surface area contributed by atoms with Gasteiger partial charge in [0.25, 0.3) is 0 Å². The molecule has 0 amide bonds. The molecular formula is C16H24N2O3. The number of carbonyl (C=O) groups is 1. The van der Waals surface area contributed by atoms with Gasteiger partial charge in [0.15, 0.2) is 0 Å². The van der Waals surface area contributed by atoms with Crippen LogP contribution in [0.4, 0.5) is 0 Å². The van der Waals surface area contributed by atoms with E-state index in [4.69, 9.17) is 15.6 Å². The molecule has 0 aromatic rings. The normalized spacial score (nSPS) is 11.7. The van der Waals surface area contributed by atoms with Crippen LogP contribution in [-0.2, 0) is 9.53 Å². The summed E-state index contributed by atoms with van der Waals surface area (Å²) in [6.07, 6.45) is 5.61. The number of ether oxygens (including phenoxy) is 1. The van der Waals surface area contributed by atoms with Gasteiger partial charge in [0, 0.05) is 13.0 Å². The van der Waals surface area contributed by atoms with Gasteiger partial charge in [0.1, 0.15) is 6.61 Å². The van der Waals surface area contributed by atoms with E-state index >= 15 is 0 Å². The summed E-state index contributed by atoms with van der Waals surface area (Å²) in [6, 6.07) is 0. The van der Waals surface area contributed by atoms with Crippen LogP contribution in [0.5, 0.6) is 0 Å². The molecule has 5 heteroatoms. The van der Waals surface area contributed by atoms with Crippen LogP contribution in [0, 0.1) is 0 Å². The molecule has 0 fully saturated rings. The number of aliphatic hydroxyl groups excluding tert-OH is 1. The molecule has 0 saturated heterocycles. The Morgan fingerprint density at radius 3 is 2.62 bits per heavy atom. The summed E-state index contributed by atoms with van der Waals surface area (Å²) in [5, 5.41) is 11.8. The number of hydrogen-bond acceptors (Lipinski definition) is 5. The van der Waals surface area contributed by atoms with Crippen LogP contribution >= 0.6 is 0 Å². The second-order valence-corrected chi connectivity index (χ2v) is 4.44. The van der Waals surface area contributed by atoms with E-state index in [1.54, 1.807) is 12.2 Å². The van der Waals surface area contributed by atoms with Crippen molar-refractivity contribution in [2.45, 2.75) is 19.8 Å². The zero-order chi connectivity index (χ0) is 16.3. The molecule has 0 heterocycles. The molecule has 0 saturated carbocycles. The van der Waals surface area contributed by atoms with Gasteiger partial charge in [-0.1, -0.05) is 31.9 Å².